The third-order valence-corrected chi connectivity index (χ3v) is 5.72. The van der Waals surface area contributed by atoms with Gasteiger partial charge < -0.3 is 10.6 Å². The number of sulfone groups is 1. The lowest BCUT2D eigenvalue weighted by molar-refractivity contribution is 0.0945. The van der Waals surface area contributed by atoms with Crippen LogP contribution < -0.4 is 10.6 Å². The SMILES string of the molecule is Cc1nc(NC2CCS(=O)(=O)C2)cc(C(=O)NCc2ccccc2)n1. The van der Waals surface area contributed by atoms with Crippen molar-refractivity contribution in [3.63, 3.8) is 0 Å². The van der Waals surface area contributed by atoms with Crippen molar-refractivity contribution in [2.75, 3.05) is 16.8 Å². The van der Waals surface area contributed by atoms with Gasteiger partial charge in [0.1, 0.15) is 17.3 Å². The number of nitrogens with one attached hydrogen (secondary N) is 2. The van der Waals surface area contributed by atoms with Crippen LogP contribution in [0.4, 0.5) is 5.82 Å². The van der Waals surface area contributed by atoms with E-state index in [4.69, 9.17) is 0 Å². The number of carbonyl (C=O) groups is 1. The Bertz CT molecular complexity index is 869. The lowest BCUT2D eigenvalue weighted by Crippen LogP contribution is -2.26. The number of rotatable bonds is 5. The molecule has 1 atom stereocenters. The highest BCUT2D eigenvalue weighted by atomic mass is 32.2. The Morgan fingerprint density at radius 2 is 2.00 bits per heavy atom. The van der Waals surface area contributed by atoms with Gasteiger partial charge in [-0.25, -0.2) is 18.4 Å². The largest absolute Gasteiger partial charge is 0.366 e. The maximum absolute atomic E-state index is 12.3. The fourth-order valence-corrected chi connectivity index (χ4v) is 4.42. The van der Waals surface area contributed by atoms with Crippen LogP contribution in [0.1, 0.15) is 28.3 Å². The monoisotopic (exact) mass is 360 g/mol. The van der Waals surface area contributed by atoms with Crippen molar-refractivity contribution in [1.29, 1.82) is 0 Å². The molecule has 1 amide bonds. The summed E-state index contributed by atoms with van der Waals surface area (Å²) < 4.78 is 23.1. The Balaban J connectivity index is 1.67. The van der Waals surface area contributed by atoms with Crippen molar-refractivity contribution < 1.29 is 13.2 Å². The van der Waals surface area contributed by atoms with Gasteiger partial charge in [-0.15, -0.1) is 0 Å². The van der Waals surface area contributed by atoms with Crippen molar-refractivity contribution in [1.82, 2.24) is 15.3 Å². The molecule has 2 N–H and O–H groups in total. The van der Waals surface area contributed by atoms with E-state index < -0.39 is 9.84 Å². The molecular weight excluding hydrogens is 340 g/mol. The first-order valence-electron chi connectivity index (χ1n) is 8.06. The summed E-state index contributed by atoms with van der Waals surface area (Å²) in [5.41, 5.74) is 1.25. The van der Waals surface area contributed by atoms with Crippen molar-refractivity contribution >= 4 is 21.6 Å². The van der Waals surface area contributed by atoms with E-state index in [-0.39, 0.29) is 29.1 Å². The minimum atomic E-state index is -2.98. The number of aryl methyl sites for hydroxylation is 1. The van der Waals surface area contributed by atoms with Gasteiger partial charge in [-0.3, -0.25) is 4.79 Å². The van der Waals surface area contributed by atoms with Crippen molar-refractivity contribution in [3.05, 3.63) is 53.5 Å². The minimum Gasteiger partial charge on any atom is -0.366 e. The highest BCUT2D eigenvalue weighted by Crippen LogP contribution is 2.17. The summed E-state index contributed by atoms with van der Waals surface area (Å²) in [5.74, 6) is 0.900. The van der Waals surface area contributed by atoms with Crippen LogP contribution in [0, 0.1) is 6.92 Å². The van der Waals surface area contributed by atoms with Gasteiger partial charge in [-0.2, -0.15) is 0 Å². The standard InChI is InChI=1S/C17H20N4O3S/c1-12-19-15(17(22)18-10-13-5-3-2-4-6-13)9-16(20-12)21-14-7-8-25(23,24)11-14/h2-6,9,14H,7-8,10-11H2,1H3,(H,18,22)(H,19,20,21). The molecule has 132 valence electrons. The first-order chi connectivity index (χ1) is 11.9. The Morgan fingerprint density at radius 3 is 2.68 bits per heavy atom. The quantitative estimate of drug-likeness (QED) is 0.834. The number of hydrogen-bond donors (Lipinski definition) is 2. The highest BCUT2D eigenvalue weighted by molar-refractivity contribution is 7.91. The van der Waals surface area contributed by atoms with Crippen LogP contribution in [0.25, 0.3) is 0 Å². The zero-order valence-corrected chi connectivity index (χ0v) is 14.7. The first-order valence-corrected chi connectivity index (χ1v) is 9.88. The van der Waals surface area contributed by atoms with E-state index in [0.29, 0.717) is 24.6 Å². The van der Waals surface area contributed by atoms with Gasteiger partial charge in [0, 0.05) is 18.7 Å². The molecule has 2 aromatic rings. The van der Waals surface area contributed by atoms with Crippen LogP contribution in [0.3, 0.4) is 0 Å². The van der Waals surface area contributed by atoms with Gasteiger partial charge in [-0.05, 0) is 18.9 Å². The molecule has 2 heterocycles. The van der Waals surface area contributed by atoms with Crippen LogP contribution in [0.5, 0.6) is 0 Å². The summed E-state index contributed by atoms with van der Waals surface area (Å²) in [5, 5.41) is 5.92. The number of anilines is 1. The molecular formula is C17H20N4O3S. The Morgan fingerprint density at radius 1 is 1.24 bits per heavy atom. The predicted molar refractivity (Wildman–Crippen MR) is 95.1 cm³/mol. The normalized spacial score (nSPS) is 18.7. The van der Waals surface area contributed by atoms with Crippen LogP contribution in [-0.2, 0) is 16.4 Å². The fourth-order valence-electron chi connectivity index (χ4n) is 2.74. The molecule has 0 bridgehead atoms. The van der Waals surface area contributed by atoms with Gasteiger partial charge in [0.15, 0.2) is 9.84 Å². The Kier molecular flexibility index (Phi) is 4.98. The second-order valence-corrected chi connectivity index (χ2v) is 8.33. The van der Waals surface area contributed by atoms with Crippen molar-refractivity contribution in [2.45, 2.75) is 25.9 Å². The van der Waals surface area contributed by atoms with Gasteiger partial charge in [0.25, 0.3) is 5.91 Å². The van der Waals surface area contributed by atoms with E-state index in [9.17, 15) is 13.2 Å². The van der Waals surface area contributed by atoms with E-state index in [2.05, 4.69) is 20.6 Å². The molecule has 25 heavy (non-hydrogen) atoms. The number of benzene rings is 1. The maximum atomic E-state index is 12.3. The van der Waals surface area contributed by atoms with Crippen LogP contribution in [0.2, 0.25) is 0 Å². The lowest BCUT2D eigenvalue weighted by atomic mass is 10.2. The summed E-state index contributed by atoms with van der Waals surface area (Å²) >= 11 is 0. The van der Waals surface area contributed by atoms with Crippen molar-refractivity contribution in [3.8, 4) is 0 Å². The molecule has 0 saturated carbocycles. The van der Waals surface area contributed by atoms with E-state index in [1.54, 1.807) is 13.0 Å². The second-order valence-electron chi connectivity index (χ2n) is 6.10. The molecule has 1 unspecified atom stereocenters. The van der Waals surface area contributed by atoms with E-state index in [1.165, 1.54) is 0 Å². The molecule has 8 heteroatoms. The zero-order valence-electron chi connectivity index (χ0n) is 13.9. The summed E-state index contributed by atoms with van der Waals surface area (Å²) in [6.45, 7) is 2.11. The van der Waals surface area contributed by atoms with Crippen molar-refractivity contribution in [2.24, 2.45) is 0 Å². The van der Waals surface area contributed by atoms with E-state index >= 15 is 0 Å². The molecule has 1 saturated heterocycles. The topological polar surface area (TPSA) is 101 Å². The third kappa shape index (κ3) is 4.76. The summed E-state index contributed by atoms with van der Waals surface area (Å²) in [4.78, 5) is 20.8. The average molecular weight is 360 g/mol. The lowest BCUT2D eigenvalue weighted by Gasteiger charge is -2.13. The maximum Gasteiger partial charge on any atom is 0.270 e. The molecule has 1 aliphatic heterocycles. The van der Waals surface area contributed by atoms with Crippen LogP contribution in [-0.4, -0.2) is 41.8 Å². The molecule has 1 aliphatic rings. The Hall–Kier alpha value is -2.48. The number of carbonyl (C=O) groups excluding carboxylic acids is 1. The molecule has 0 aliphatic carbocycles. The highest BCUT2D eigenvalue weighted by Gasteiger charge is 2.28. The van der Waals surface area contributed by atoms with Crippen LogP contribution >= 0.6 is 0 Å². The predicted octanol–water partition coefficient (Wildman–Crippen LogP) is 1.31. The van der Waals surface area contributed by atoms with Gasteiger partial charge in [0.05, 0.1) is 11.5 Å². The second kappa shape index (κ2) is 7.18. The summed E-state index contributed by atoms with van der Waals surface area (Å²) in [7, 11) is -2.98. The van der Waals surface area contributed by atoms with Gasteiger partial charge >= 0.3 is 0 Å². The minimum absolute atomic E-state index is 0.0889. The number of hydrogen-bond acceptors (Lipinski definition) is 6. The fraction of sp³-hybridized carbons (Fsp3) is 0.353. The first kappa shape index (κ1) is 17.3. The molecule has 3 rings (SSSR count). The third-order valence-electron chi connectivity index (χ3n) is 3.95. The molecule has 0 radical (unpaired) electrons. The molecule has 7 nitrogen and oxygen atoms in total. The molecule has 1 fully saturated rings. The summed E-state index contributed by atoms with van der Waals surface area (Å²) in [6.07, 6.45) is 0.543. The van der Waals surface area contributed by atoms with Gasteiger partial charge in [-0.1, -0.05) is 30.3 Å². The summed E-state index contributed by atoms with van der Waals surface area (Å²) in [6, 6.07) is 11.0. The van der Waals surface area contributed by atoms with Crippen LogP contribution in [0.15, 0.2) is 36.4 Å². The van der Waals surface area contributed by atoms with Gasteiger partial charge in [0.2, 0.25) is 0 Å². The molecule has 1 aromatic heterocycles. The van der Waals surface area contributed by atoms with E-state index in [0.717, 1.165) is 5.56 Å². The number of aromatic nitrogens is 2. The Labute approximate surface area is 146 Å². The number of amides is 1. The molecule has 1 aromatic carbocycles. The molecule has 0 spiro atoms. The number of nitrogens with zero attached hydrogens (tertiary/aromatic N) is 2. The zero-order chi connectivity index (χ0) is 17.9. The van der Waals surface area contributed by atoms with E-state index in [1.807, 2.05) is 30.3 Å². The average Bonchev–Trinajstić information content (AvgIpc) is 2.91. The smallest absolute Gasteiger partial charge is 0.270 e.